The minimum absolute atomic E-state index is 0.427. The first-order chi connectivity index (χ1) is 14.5. The predicted molar refractivity (Wildman–Crippen MR) is 109 cm³/mol. The van der Waals surface area contributed by atoms with Gasteiger partial charge in [0.25, 0.3) is 0 Å². The van der Waals surface area contributed by atoms with Gasteiger partial charge in [-0.1, -0.05) is 30.3 Å². The van der Waals surface area contributed by atoms with E-state index < -0.39 is 37.1 Å². The van der Waals surface area contributed by atoms with Crippen LogP contribution in [0.4, 0.5) is 0 Å². The van der Waals surface area contributed by atoms with Crippen molar-refractivity contribution in [3.8, 4) is 5.75 Å². The van der Waals surface area contributed by atoms with Crippen molar-refractivity contribution in [3.05, 3.63) is 65.4 Å². The third-order valence-electron chi connectivity index (χ3n) is 5.73. The second-order valence-corrected chi connectivity index (χ2v) is 7.59. The molecule has 5 atom stereocenters. The van der Waals surface area contributed by atoms with E-state index >= 15 is 0 Å². The topological polar surface area (TPSA) is 113 Å². The van der Waals surface area contributed by atoms with Gasteiger partial charge in [0.05, 0.1) is 20.0 Å². The highest BCUT2D eigenvalue weighted by Crippen LogP contribution is 2.40. The highest BCUT2D eigenvalue weighted by Gasteiger charge is 2.45. The van der Waals surface area contributed by atoms with Gasteiger partial charge in [-0.2, -0.15) is 0 Å². The lowest BCUT2D eigenvalue weighted by atomic mass is 9.90. The smallest absolute Gasteiger partial charge is 0.137 e. The van der Waals surface area contributed by atoms with Crippen LogP contribution in [0.2, 0.25) is 0 Å². The molecule has 160 valence electrons. The van der Waals surface area contributed by atoms with Gasteiger partial charge < -0.3 is 34.3 Å². The standard InChI is InChI=1S/C23H26O7/c1-28-17-10-18-15(14(12-29-18)8-7-13-5-3-2-4-6-13)9-16(17)23-22(27)21(26)20(25)19(11-24)30-23/h2-6,9-10,12,19-27H,7-8,11H2,1H3/t19-,20-,21+,22-,23+/m1/s1. The third kappa shape index (κ3) is 3.82. The van der Waals surface area contributed by atoms with Crippen LogP contribution >= 0.6 is 0 Å². The number of hydrogen-bond donors (Lipinski definition) is 4. The zero-order valence-corrected chi connectivity index (χ0v) is 16.6. The van der Waals surface area contributed by atoms with Gasteiger partial charge in [0.1, 0.15) is 41.9 Å². The van der Waals surface area contributed by atoms with Crippen LogP contribution in [0.25, 0.3) is 11.0 Å². The summed E-state index contributed by atoms with van der Waals surface area (Å²) in [6.45, 7) is -0.486. The highest BCUT2D eigenvalue weighted by atomic mass is 16.5. The molecule has 7 heteroatoms. The monoisotopic (exact) mass is 414 g/mol. The lowest BCUT2D eigenvalue weighted by Crippen LogP contribution is -2.55. The Morgan fingerprint density at radius 2 is 1.73 bits per heavy atom. The number of benzene rings is 2. The number of furan rings is 1. The Kier molecular flexibility index (Phi) is 6.08. The van der Waals surface area contributed by atoms with Gasteiger partial charge in [-0.3, -0.25) is 0 Å². The molecule has 1 fully saturated rings. The average molecular weight is 414 g/mol. The molecule has 0 bridgehead atoms. The van der Waals surface area contributed by atoms with Gasteiger partial charge in [-0.15, -0.1) is 0 Å². The molecular weight excluding hydrogens is 388 g/mol. The average Bonchev–Trinajstić information content (AvgIpc) is 3.18. The summed E-state index contributed by atoms with van der Waals surface area (Å²) >= 11 is 0. The molecule has 0 spiro atoms. The van der Waals surface area contributed by atoms with Crippen molar-refractivity contribution in [1.29, 1.82) is 0 Å². The fourth-order valence-electron chi connectivity index (χ4n) is 4.00. The molecule has 1 saturated heterocycles. The van der Waals surface area contributed by atoms with Crippen molar-refractivity contribution < 1.29 is 34.3 Å². The first-order valence-electron chi connectivity index (χ1n) is 9.96. The third-order valence-corrected chi connectivity index (χ3v) is 5.73. The van der Waals surface area contributed by atoms with Crippen molar-refractivity contribution >= 4 is 11.0 Å². The van der Waals surface area contributed by atoms with E-state index in [0.717, 1.165) is 23.8 Å². The number of ether oxygens (including phenoxy) is 2. The van der Waals surface area contributed by atoms with Crippen LogP contribution < -0.4 is 4.74 Å². The molecule has 0 amide bonds. The number of aryl methyl sites for hydroxylation is 2. The van der Waals surface area contributed by atoms with E-state index in [1.165, 1.54) is 12.7 Å². The second kappa shape index (κ2) is 8.75. The van der Waals surface area contributed by atoms with Crippen molar-refractivity contribution in [1.82, 2.24) is 0 Å². The van der Waals surface area contributed by atoms with E-state index in [1.807, 2.05) is 24.3 Å². The summed E-state index contributed by atoms with van der Waals surface area (Å²) in [6.07, 6.45) is -2.89. The van der Waals surface area contributed by atoms with Crippen molar-refractivity contribution in [2.75, 3.05) is 13.7 Å². The Balaban J connectivity index is 1.68. The highest BCUT2D eigenvalue weighted by molar-refractivity contribution is 5.84. The Morgan fingerprint density at radius 3 is 2.43 bits per heavy atom. The lowest BCUT2D eigenvalue weighted by molar-refractivity contribution is -0.232. The quantitative estimate of drug-likeness (QED) is 0.486. The Morgan fingerprint density at radius 1 is 0.967 bits per heavy atom. The Bertz CT molecular complexity index is 982. The normalized spacial score (nSPS) is 26.8. The largest absolute Gasteiger partial charge is 0.496 e. The van der Waals surface area contributed by atoms with E-state index in [0.29, 0.717) is 16.9 Å². The van der Waals surface area contributed by atoms with E-state index in [9.17, 15) is 20.4 Å². The lowest BCUT2D eigenvalue weighted by Gasteiger charge is -2.40. The van der Waals surface area contributed by atoms with Gasteiger partial charge in [-0.05, 0) is 30.0 Å². The van der Waals surface area contributed by atoms with E-state index in [1.54, 1.807) is 12.3 Å². The number of methoxy groups -OCH3 is 1. The van der Waals surface area contributed by atoms with E-state index in [-0.39, 0.29) is 0 Å². The van der Waals surface area contributed by atoms with Crippen LogP contribution in [0.1, 0.15) is 22.8 Å². The molecule has 0 aliphatic carbocycles. The summed E-state index contributed by atoms with van der Waals surface area (Å²) in [6, 6.07) is 13.7. The van der Waals surface area contributed by atoms with Gasteiger partial charge in [-0.25, -0.2) is 0 Å². The first kappa shape index (κ1) is 20.8. The molecule has 4 rings (SSSR count). The zero-order valence-electron chi connectivity index (χ0n) is 16.6. The minimum atomic E-state index is -1.46. The van der Waals surface area contributed by atoms with Crippen molar-refractivity contribution in [2.24, 2.45) is 0 Å². The van der Waals surface area contributed by atoms with Gasteiger partial charge in [0.15, 0.2) is 0 Å². The maximum absolute atomic E-state index is 10.5. The number of rotatable bonds is 6. The van der Waals surface area contributed by atoms with E-state index in [4.69, 9.17) is 13.9 Å². The number of fused-ring (bicyclic) bond motifs is 1. The molecule has 3 aromatic rings. The molecule has 1 aliphatic rings. The van der Waals surface area contributed by atoms with Crippen LogP contribution in [0.3, 0.4) is 0 Å². The molecule has 30 heavy (non-hydrogen) atoms. The maximum Gasteiger partial charge on any atom is 0.137 e. The number of hydrogen-bond acceptors (Lipinski definition) is 7. The predicted octanol–water partition coefficient (Wildman–Crippen LogP) is 1.74. The van der Waals surface area contributed by atoms with Crippen molar-refractivity contribution in [3.63, 3.8) is 0 Å². The summed E-state index contributed by atoms with van der Waals surface area (Å²) in [5.74, 6) is 0.427. The second-order valence-electron chi connectivity index (χ2n) is 7.59. The summed E-state index contributed by atoms with van der Waals surface area (Å²) in [7, 11) is 1.49. The summed E-state index contributed by atoms with van der Waals surface area (Å²) in [5.41, 5.74) is 3.38. The van der Waals surface area contributed by atoms with Crippen molar-refractivity contribution in [2.45, 2.75) is 43.4 Å². The van der Waals surface area contributed by atoms with Crippen LogP contribution in [0.5, 0.6) is 5.75 Å². The fourth-order valence-corrected chi connectivity index (χ4v) is 4.00. The maximum atomic E-state index is 10.5. The number of aliphatic hydroxyl groups excluding tert-OH is 4. The first-order valence-corrected chi connectivity index (χ1v) is 9.96. The fraction of sp³-hybridized carbons (Fsp3) is 0.391. The van der Waals surface area contributed by atoms with E-state index in [2.05, 4.69) is 12.1 Å². The summed E-state index contributed by atoms with van der Waals surface area (Å²) in [5, 5.41) is 41.1. The Labute approximate surface area is 174 Å². The van der Waals surface area contributed by atoms with Gasteiger partial charge >= 0.3 is 0 Å². The van der Waals surface area contributed by atoms with Crippen LogP contribution in [-0.2, 0) is 17.6 Å². The molecule has 2 heterocycles. The van der Waals surface area contributed by atoms with Crippen LogP contribution in [0.15, 0.2) is 53.1 Å². The minimum Gasteiger partial charge on any atom is -0.496 e. The molecule has 1 aliphatic heterocycles. The molecular formula is C23H26O7. The summed E-state index contributed by atoms with van der Waals surface area (Å²) < 4.78 is 16.9. The summed E-state index contributed by atoms with van der Waals surface area (Å²) in [4.78, 5) is 0. The SMILES string of the molecule is COc1cc2occ(CCc3ccccc3)c2cc1[C@@H]1O[C@H](CO)[C@@H](O)[C@H](O)[C@H]1O. The molecule has 0 saturated carbocycles. The van der Waals surface area contributed by atoms with Crippen LogP contribution in [0, 0.1) is 0 Å². The molecule has 1 aromatic heterocycles. The zero-order chi connectivity index (χ0) is 21.3. The van der Waals surface area contributed by atoms with Gasteiger partial charge in [0.2, 0.25) is 0 Å². The number of aliphatic hydroxyl groups is 4. The molecule has 4 N–H and O–H groups in total. The van der Waals surface area contributed by atoms with Crippen LogP contribution in [-0.4, -0.2) is 58.6 Å². The van der Waals surface area contributed by atoms with Gasteiger partial charge in [0, 0.05) is 17.0 Å². The molecule has 0 radical (unpaired) electrons. The molecule has 7 nitrogen and oxygen atoms in total. The Hall–Kier alpha value is -2.42. The molecule has 0 unspecified atom stereocenters. The molecule has 2 aromatic carbocycles.